The topological polar surface area (TPSA) is 102 Å². The average Bonchev–Trinajstić information content (AvgIpc) is 2.34. The summed E-state index contributed by atoms with van der Waals surface area (Å²) in [6.45, 7) is 5.13. The van der Waals surface area contributed by atoms with Gasteiger partial charge in [-0.05, 0) is 57.4 Å². The molecule has 1 aliphatic carbocycles. The zero-order valence-electron chi connectivity index (χ0n) is 13.4. The number of carbonyl (C=O) groups excluding carboxylic acids is 1. The van der Waals surface area contributed by atoms with Gasteiger partial charge in [-0.1, -0.05) is 0 Å². The van der Waals surface area contributed by atoms with Crippen LogP contribution < -0.4 is 11.1 Å². The molecule has 7 heteroatoms. The molecule has 1 aromatic carbocycles. The van der Waals surface area contributed by atoms with E-state index in [1.165, 1.54) is 6.07 Å². The van der Waals surface area contributed by atoms with Gasteiger partial charge in [0.25, 0.3) is 0 Å². The van der Waals surface area contributed by atoms with E-state index in [0.717, 1.165) is 12.1 Å². The first kappa shape index (κ1) is 17.2. The third kappa shape index (κ3) is 3.61. The minimum atomic E-state index is -1.29. The highest BCUT2D eigenvalue weighted by atomic mass is 19.1. The lowest BCUT2D eigenvalue weighted by molar-refractivity contribution is -0.148. The number of carbonyl (C=O) groups is 2. The molecule has 0 aromatic heterocycles. The first-order valence-corrected chi connectivity index (χ1v) is 7.32. The van der Waals surface area contributed by atoms with Crippen LogP contribution in [0.25, 0.3) is 0 Å². The van der Waals surface area contributed by atoms with Crippen LogP contribution in [-0.2, 0) is 14.9 Å². The van der Waals surface area contributed by atoms with Crippen molar-refractivity contribution in [3.05, 3.63) is 29.6 Å². The van der Waals surface area contributed by atoms with Crippen molar-refractivity contribution in [3.8, 4) is 0 Å². The summed E-state index contributed by atoms with van der Waals surface area (Å²) in [4.78, 5) is 23.6. The highest BCUT2D eigenvalue weighted by molar-refractivity contribution is 5.91. The summed E-state index contributed by atoms with van der Waals surface area (Å²) in [5, 5.41) is 12.1. The van der Waals surface area contributed by atoms with Crippen LogP contribution in [0.2, 0.25) is 0 Å². The molecule has 0 radical (unpaired) electrons. The zero-order valence-corrected chi connectivity index (χ0v) is 13.4. The lowest BCUT2D eigenvalue weighted by Crippen LogP contribution is -2.54. The minimum absolute atomic E-state index is 0.189. The maximum absolute atomic E-state index is 13.6. The first-order valence-electron chi connectivity index (χ1n) is 7.32. The summed E-state index contributed by atoms with van der Waals surface area (Å²) >= 11 is 0. The summed E-state index contributed by atoms with van der Waals surface area (Å²) in [7, 11) is 0. The second-order valence-corrected chi connectivity index (χ2v) is 6.87. The van der Waals surface area contributed by atoms with Crippen molar-refractivity contribution in [2.75, 3.05) is 5.32 Å². The number of hydrogen-bond donors (Lipinski definition) is 3. The van der Waals surface area contributed by atoms with Crippen molar-refractivity contribution >= 4 is 17.7 Å². The van der Waals surface area contributed by atoms with Crippen molar-refractivity contribution in [1.82, 2.24) is 0 Å². The van der Waals surface area contributed by atoms with Crippen LogP contribution >= 0.6 is 0 Å². The smallest absolute Gasteiger partial charge is 0.412 e. The number of nitrogens with two attached hydrogens (primary N) is 1. The second kappa shape index (κ2) is 5.81. The Morgan fingerprint density at radius 3 is 2.48 bits per heavy atom. The van der Waals surface area contributed by atoms with Crippen LogP contribution in [0, 0.1) is 5.82 Å². The van der Waals surface area contributed by atoms with Gasteiger partial charge in [-0.3, -0.25) is 10.1 Å². The fourth-order valence-corrected chi connectivity index (χ4v) is 2.78. The van der Waals surface area contributed by atoms with E-state index in [-0.39, 0.29) is 30.1 Å². The van der Waals surface area contributed by atoms with Gasteiger partial charge in [0.15, 0.2) is 0 Å². The van der Waals surface area contributed by atoms with Gasteiger partial charge in [-0.15, -0.1) is 0 Å². The average molecular weight is 324 g/mol. The molecule has 0 unspecified atom stereocenters. The van der Waals surface area contributed by atoms with E-state index in [0.29, 0.717) is 0 Å². The van der Waals surface area contributed by atoms with E-state index in [9.17, 15) is 19.1 Å². The first-order chi connectivity index (χ1) is 10.5. The Hall–Kier alpha value is -2.15. The standard InChI is InChI=1S/C16H21FN2O4/c1-15(2,3)23-14(22)19-12-5-4-9(17)6-11(12)16(13(20)21)7-10(18)8-16/h4-6,10H,7-8,18H2,1-3H3,(H,19,22)(H,20,21). The molecule has 6 nitrogen and oxygen atoms in total. The Morgan fingerprint density at radius 2 is 2.00 bits per heavy atom. The molecule has 1 amide bonds. The number of anilines is 1. The molecule has 1 aliphatic rings. The van der Waals surface area contributed by atoms with Crippen LogP contribution in [-0.4, -0.2) is 28.8 Å². The van der Waals surface area contributed by atoms with Gasteiger partial charge in [0.2, 0.25) is 0 Å². The highest BCUT2D eigenvalue weighted by Crippen LogP contribution is 2.46. The molecule has 126 valence electrons. The number of rotatable bonds is 3. The van der Waals surface area contributed by atoms with Crippen LogP contribution in [0.1, 0.15) is 39.2 Å². The molecule has 23 heavy (non-hydrogen) atoms. The number of carboxylic acids is 1. The summed E-state index contributed by atoms with van der Waals surface area (Å²) in [6, 6.07) is 3.36. The summed E-state index contributed by atoms with van der Waals surface area (Å²) in [5.41, 5.74) is 4.17. The Morgan fingerprint density at radius 1 is 1.39 bits per heavy atom. The number of halogens is 1. The zero-order chi connectivity index (χ0) is 17.4. The molecule has 4 N–H and O–H groups in total. The number of aliphatic carboxylic acids is 1. The monoisotopic (exact) mass is 324 g/mol. The van der Waals surface area contributed by atoms with Crippen molar-refractivity contribution in [2.45, 2.75) is 50.7 Å². The third-order valence-electron chi connectivity index (χ3n) is 3.76. The molecule has 1 aromatic rings. The van der Waals surface area contributed by atoms with Gasteiger partial charge >= 0.3 is 12.1 Å². The molecule has 1 saturated carbocycles. The predicted molar refractivity (Wildman–Crippen MR) is 82.8 cm³/mol. The maximum Gasteiger partial charge on any atom is 0.412 e. The molecule has 0 bridgehead atoms. The second-order valence-electron chi connectivity index (χ2n) is 6.87. The van der Waals surface area contributed by atoms with E-state index < -0.39 is 28.9 Å². The molecule has 0 atom stereocenters. The van der Waals surface area contributed by atoms with Crippen LogP contribution in [0.5, 0.6) is 0 Å². The summed E-state index contributed by atoms with van der Waals surface area (Å²) in [5.74, 6) is -1.66. The molecule has 2 rings (SSSR count). The number of nitrogens with one attached hydrogen (secondary N) is 1. The fraction of sp³-hybridized carbons (Fsp3) is 0.500. The lowest BCUT2D eigenvalue weighted by Gasteiger charge is -2.43. The quantitative estimate of drug-likeness (QED) is 0.793. The Balaban J connectivity index is 2.35. The maximum atomic E-state index is 13.6. The van der Waals surface area contributed by atoms with Crippen LogP contribution in [0.3, 0.4) is 0 Å². The Kier molecular flexibility index (Phi) is 4.34. The molecule has 0 saturated heterocycles. The van der Waals surface area contributed by atoms with Crippen molar-refractivity contribution in [1.29, 1.82) is 0 Å². The van der Waals surface area contributed by atoms with Crippen molar-refractivity contribution in [2.24, 2.45) is 5.73 Å². The number of hydrogen-bond acceptors (Lipinski definition) is 4. The van der Waals surface area contributed by atoms with E-state index in [1.54, 1.807) is 20.8 Å². The number of ether oxygens (including phenoxy) is 1. The molecule has 1 fully saturated rings. The third-order valence-corrected chi connectivity index (χ3v) is 3.76. The molecular formula is C16H21FN2O4. The van der Waals surface area contributed by atoms with Gasteiger partial charge in [0.1, 0.15) is 11.4 Å². The molecule has 0 heterocycles. The Labute approximate surface area is 133 Å². The van der Waals surface area contributed by atoms with Crippen LogP contribution in [0.15, 0.2) is 18.2 Å². The Bertz CT molecular complexity index is 633. The number of amides is 1. The van der Waals surface area contributed by atoms with E-state index in [1.807, 2.05) is 0 Å². The SMILES string of the molecule is CC(C)(C)OC(=O)Nc1ccc(F)cc1C1(C(=O)O)CC(N)C1. The molecule has 0 aliphatic heterocycles. The minimum Gasteiger partial charge on any atom is -0.481 e. The summed E-state index contributed by atoms with van der Waals surface area (Å²) in [6.07, 6.45) is -0.349. The highest BCUT2D eigenvalue weighted by Gasteiger charge is 2.52. The van der Waals surface area contributed by atoms with E-state index in [2.05, 4.69) is 5.32 Å². The van der Waals surface area contributed by atoms with Gasteiger partial charge in [0, 0.05) is 11.7 Å². The molecule has 0 spiro atoms. The van der Waals surface area contributed by atoms with Crippen molar-refractivity contribution < 1.29 is 23.8 Å². The number of benzene rings is 1. The van der Waals surface area contributed by atoms with Gasteiger partial charge < -0.3 is 15.6 Å². The van der Waals surface area contributed by atoms with Crippen molar-refractivity contribution in [3.63, 3.8) is 0 Å². The van der Waals surface area contributed by atoms with Gasteiger partial charge in [-0.25, -0.2) is 9.18 Å². The summed E-state index contributed by atoms with van der Waals surface area (Å²) < 4.78 is 18.8. The lowest BCUT2D eigenvalue weighted by atomic mass is 9.61. The van der Waals surface area contributed by atoms with Crippen LogP contribution in [0.4, 0.5) is 14.9 Å². The van der Waals surface area contributed by atoms with E-state index >= 15 is 0 Å². The fourth-order valence-electron chi connectivity index (χ4n) is 2.78. The number of carboxylic acid groups (broad SMARTS) is 1. The van der Waals surface area contributed by atoms with Gasteiger partial charge in [-0.2, -0.15) is 0 Å². The predicted octanol–water partition coefficient (Wildman–Crippen LogP) is 2.62. The normalized spacial score (nSPS) is 23.8. The molecular weight excluding hydrogens is 303 g/mol. The largest absolute Gasteiger partial charge is 0.481 e. The van der Waals surface area contributed by atoms with Gasteiger partial charge in [0.05, 0.1) is 5.41 Å². The van der Waals surface area contributed by atoms with E-state index in [4.69, 9.17) is 10.5 Å².